The molecular formula is C27H35F3N4O3. The Labute approximate surface area is 215 Å². The van der Waals surface area contributed by atoms with Crippen LogP contribution in [0.1, 0.15) is 66.7 Å². The number of aromatic amines is 1. The molecule has 0 spiro atoms. The first-order chi connectivity index (χ1) is 17.2. The first-order valence-corrected chi connectivity index (χ1v) is 12.3. The Balaban J connectivity index is 0.000000405. The molecule has 1 fully saturated rings. The second kappa shape index (κ2) is 11.3. The standard InChI is InChI=1S/C19H19F3N4O3.C8H16/c1-18(2,3)29-17(27)24-12-6-9-14-15(10-12)26-16(25-14)23-11-4-7-13(8-5-11)28-19(20,21)22;1-8(2)6-4-3-5-7-8/h4-10H,1-3H3,(H,24,27)(H2,23,25,26);3-7H2,1-2H3. The van der Waals surface area contributed by atoms with Gasteiger partial charge in [-0.25, -0.2) is 9.78 Å². The Morgan fingerprint density at radius 1 is 0.973 bits per heavy atom. The maximum atomic E-state index is 12.2. The van der Waals surface area contributed by atoms with Crippen molar-refractivity contribution >= 4 is 34.4 Å². The predicted octanol–water partition coefficient (Wildman–Crippen LogP) is 8.53. The fourth-order valence-corrected chi connectivity index (χ4v) is 3.95. The highest BCUT2D eigenvalue weighted by molar-refractivity contribution is 5.89. The number of hydrogen-bond donors (Lipinski definition) is 3. The van der Waals surface area contributed by atoms with Crippen LogP contribution in [0.5, 0.6) is 5.75 Å². The average Bonchev–Trinajstić information content (AvgIpc) is 3.14. The van der Waals surface area contributed by atoms with Gasteiger partial charge >= 0.3 is 12.5 Å². The predicted molar refractivity (Wildman–Crippen MR) is 139 cm³/mol. The third-order valence-corrected chi connectivity index (χ3v) is 5.68. The maximum absolute atomic E-state index is 12.2. The van der Waals surface area contributed by atoms with Crippen LogP contribution in [0, 0.1) is 5.41 Å². The minimum Gasteiger partial charge on any atom is -0.444 e. The number of H-pyrrole nitrogens is 1. The molecule has 1 aromatic heterocycles. The lowest BCUT2D eigenvalue weighted by Crippen LogP contribution is -2.27. The highest BCUT2D eigenvalue weighted by Crippen LogP contribution is 2.34. The van der Waals surface area contributed by atoms with E-state index in [2.05, 4.69) is 39.2 Å². The van der Waals surface area contributed by atoms with Gasteiger partial charge in [0.05, 0.1) is 11.0 Å². The topological polar surface area (TPSA) is 88.3 Å². The van der Waals surface area contributed by atoms with Crippen molar-refractivity contribution in [2.45, 2.75) is 78.7 Å². The number of aromatic nitrogens is 2. The molecule has 1 saturated carbocycles. The quantitative estimate of drug-likeness (QED) is 0.321. The van der Waals surface area contributed by atoms with Crippen LogP contribution in [0.2, 0.25) is 0 Å². The third-order valence-electron chi connectivity index (χ3n) is 5.68. The lowest BCUT2D eigenvalue weighted by molar-refractivity contribution is -0.274. The number of halogens is 3. The Hall–Kier alpha value is -3.43. The van der Waals surface area contributed by atoms with Crippen LogP contribution < -0.4 is 15.4 Å². The number of fused-ring (bicyclic) bond motifs is 1. The monoisotopic (exact) mass is 520 g/mol. The fraction of sp³-hybridized carbons (Fsp3) is 0.481. The van der Waals surface area contributed by atoms with Crippen LogP contribution in [-0.2, 0) is 4.74 Å². The van der Waals surface area contributed by atoms with Gasteiger partial charge in [0.2, 0.25) is 5.95 Å². The van der Waals surface area contributed by atoms with Crippen LogP contribution in [0.3, 0.4) is 0 Å². The van der Waals surface area contributed by atoms with Crippen molar-refractivity contribution in [1.82, 2.24) is 9.97 Å². The summed E-state index contributed by atoms with van der Waals surface area (Å²) in [4.78, 5) is 19.3. The summed E-state index contributed by atoms with van der Waals surface area (Å²) in [6, 6.07) is 10.3. The summed E-state index contributed by atoms with van der Waals surface area (Å²) < 4.78 is 45.7. The number of carbonyl (C=O) groups is 1. The number of nitrogens with one attached hydrogen (secondary N) is 3. The van der Waals surface area contributed by atoms with Gasteiger partial charge in [-0.05, 0) is 81.5 Å². The molecule has 10 heteroatoms. The summed E-state index contributed by atoms with van der Waals surface area (Å²) in [7, 11) is 0. The second-order valence-corrected chi connectivity index (χ2v) is 10.9. The molecule has 1 heterocycles. The highest BCUT2D eigenvalue weighted by atomic mass is 19.4. The van der Waals surface area contributed by atoms with Gasteiger partial charge < -0.3 is 19.8 Å². The molecule has 0 atom stereocenters. The molecule has 7 nitrogen and oxygen atoms in total. The molecule has 0 bridgehead atoms. The van der Waals surface area contributed by atoms with Gasteiger partial charge in [0.25, 0.3) is 0 Å². The second-order valence-electron chi connectivity index (χ2n) is 10.9. The van der Waals surface area contributed by atoms with E-state index in [0.29, 0.717) is 33.8 Å². The summed E-state index contributed by atoms with van der Waals surface area (Å²) in [6.07, 6.45) is 2.00. The van der Waals surface area contributed by atoms with Gasteiger partial charge in [-0.3, -0.25) is 5.32 Å². The van der Waals surface area contributed by atoms with Crippen LogP contribution >= 0.6 is 0 Å². The van der Waals surface area contributed by atoms with Gasteiger partial charge in [0.15, 0.2) is 0 Å². The van der Waals surface area contributed by atoms with Crippen molar-refractivity contribution < 1.29 is 27.4 Å². The number of alkyl halides is 3. The van der Waals surface area contributed by atoms with Crippen LogP contribution in [0.15, 0.2) is 42.5 Å². The number of ether oxygens (including phenoxy) is 2. The molecule has 1 aliphatic carbocycles. The minimum atomic E-state index is -4.74. The molecule has 0 radical (unpaired) electrons. The van der Waals surface area contributed by atoms with E-state index in [0.717, 1.165) is 0 Å². The van der Waals surface area contributed by atoms with Crippen molar-refractivity contribution in [1.29, 1.82) is 0 Å². The van der Waals surface area contributed by atoms with Crippen molar-refractivity contribution in [2.24, 2.45) is 5.41 Å². The molecule has 4 rings (SSSR count). The fourth-order valence-electron chi connectivity index (χ4n) is 3.95. The lowest BCUT2D eigenvalue weighted by Gasteiger charge is -2.28. The molecule has 1 amide bonds. The van der Waals surface area contributed by atoms with Crippen molar-refractivity contribution in [3.8, 4) is 5.75 Å². The molecular weight excluding hydrogens is 485 g/mol. The summed E-state index contributed by atoms with van der Waals surface area (Å²) in [5.41, 5.74) is 2.40. The largest absolute Gasteiger partial charge is 0.573 e. The van der Waals surface area contributed by atoms with E-state index in [-0.39, 0.29) is 5.75 Å². The third kappa shape index (κ3) is 9.86. The van der Waals surface area contributed by atoms with Crippen molar-refractivity contribution in [3.63, 3.8) is 0 Å². The Kier molecular flexibility index (Phi) is 8.60. The lowest BCUT2D eigenvalue weighted by atomic mass is 9.78. The number of rotatable bonds is 4. The summed E-state index contributed by atoms with van der Waals surface area (Å²) >= 11 is 0. The van der Waals surface area contributed by atoms with E-state index in [4.69, 9.17) is 4.74 Å². The maximum Gasteiger partial charge on any atom is 0.573 e. The molecule has 3 aromatic rings. The normalized spacial score (nSPS) is 15.4. The van der Waals surface area contributed by atoms with Gasteiger partial charge in [-0.1, -0.05) is 33.1 Å². The van der Waals surface area contributed by atoms with Crippen LogP contribution in [0.4, 0.5) is 35.3 Å². The number of carbonyl (C=O) groups excluding carboxylic acids is 1. The van der Waals surface area contributed by atoms with E-state index in [1.54, 1.807) is 39.0 Å². The van der Waals surface area contributed by atoms with E-state index in [1.165, 1.54) is 56.4 Å². The zero-order valence-electron chi connectivity index (χ0n) is 21.9. The number of nitrogens with zero attached hydrogens (tertiary/aromatic N) is 1. The number of hydrogen-bond acceptors (Lipinski definition) is 5. The molecule has 1 aliphatic rings. The molecule has 2 aromatic carbocycles. The number of imidazole rings is 1. The number of anilines is 3. The van der Waals surface area contributed by atoms with Gasteiger partial charge in [0, 0.05) is 11.4 Å². The Morgan fingerprint density at radius 3 is 2.14 bits per heavy atom. The summed E-state index contributed by atoms with van der Waals surface area (Å²) in [5, 5.41) is 5.60. The SMILES string of the molecule is CC(C)(C)OC(=O)Nc1ccc2nc(Nc3ccc(OC(F)(F)F)cc3)[nH]c2c1.CC1(C)CCCCC1. The van der Waals surface area contributed by atoms with E-state index >= 15 is 0 Å². The van der Waals surface area contributed by atoms with Gasteiger partial charge in [0.1, 0.15) is 11.4 Å². The smallest absolute Gasteiger partial charge is 0.444 e. The molecule has 0 unspecified atom stereocenters. The van der Waals surface area contributed by atoms with Crippen LogP contribution in [0.25, 0.3) is 11.0 Å². The Morgan fingerprint density at radius 2 is 1.59 bits per heavy atom. The van der Waals surface area contributed by atoms with Crippen LogP contribution in [-0.4, -0.2) is 28.0 Å². The number of benzene rings is 2. The molecule has 0 aliphatic heterocycles. The minimum absolute atomic E-state index is 0.314. The first-order valence-electron chi connectivity index (χ1n) is 12.3. The molecule has 3 N–H and O–H groups in total. The summed E-state index contributed by atoms with van der Waals surface area (Å²) in [6.45, 7) is 10.1. The first kappa shape index (κ1) is 28.1. The van der Waals surface area contributed by atoms with E-state index in [1.807, 2.05) is 0 Å². The van der Waals surface area contributed by atoms with Gasteiger partial charge in [-0.2, -0.15) is 0 Å². The molecule has 202 valence electrons. The zero-order chi connectivity index (χ0) is 27.3. The van der Waals surface area contributed by atoms with E-state index < -0.39 is 18.1 Å². The van der Waals surface area contributed by atoms with Gasteiger partial charge in [-0.15, -0.1) is 13.2 Å². The molecule has 0 saturated heterocycles. The number of amides is 1. The zero-order valence-corrected chi connectivity index (χ0v) is 21.9. The molecule has 37 heavy (non-hydrogen) atoms. The average molecular weight is 521 g/mol. The van der Waals surface area contributed by atoms with Crippen molar-refractivity contribution in [2.75, 3.05) is 10.6 Å². The van der Waals surface area contributed by atoms with Crippen molar-refractivity contribution in [3.05, 3.63) is 42.5 Å². The summed E-state index contributed by atoms with van der Waals surface area (Å²) in [5.74, 6) is 0.0735. The van der Waals surface area contributed by atoms with E-state index in [9.17, 15) is 18.0 Å². The highest BCUT2D eigenvalue weighted by Gasteiger charge is 2.31. The Bertz CT molecular complexity index is 1170.